The Bertz CT molecular complexity index is 784. The number of benzene rings is 2. The lowest BCUT2D eigenvalue weighted by Crippen LogP contribution is -2.30. The molecule has 0 fully saturated rings. The molecule has 112 valence electrons. The Balaban J connectivity index is 1.97. The molecule has 2 aromatic carbocycles. The second-order valence-electron chi connectivity index (χ2n) is 5.26. The van der Waals surface area contributed by atoms with E-state index in [1.807, 2.05) is 32.0 Å². The fraction of sp³-hybridized carbons (Fsp3) is 0.176. The van der Waals surface area contributed by atoms with Crippen LogP contribution in [-0.4, -0.2) is 18.4 Å². The van der Waals surface area contributed by atoms with E-state index in [9.17, 15) is 9.18 Å². The maximum absolute atomic E-state index is 14.5. The van der Waals surface area contributed by atoms with Crippen molar-refractivity contribution in [2.75, 3.05) is 6.61 Å². The molecule has 22 heavy (non-hydrogen) atoms. The topological polar surface area (TPSA) is 50.7 Å². The molecule has 4 nitrogen and oxygen atoms in total. The average Bonchev–Trinajstić information content (AvgIpc) is 2.49. The number of cyclic esters (lactones) is 1. The van der Waals surface area contributed by atoms with Crippen LogP contribution in [0.1, 0.15) is 16.7 Å². The monoisotopic (exact) mass is 298 g/mol. The molecule has 1 heterocycles. The van der Waals surface area contributed by atoms with Gasteiger partial charge in [-0.05, 0) is 31.0 Å². The maximum atomic E-state index is 14.5. The van der Waals surface area contributed by atoms with Crippen molar-refractivity contribution in [2.24, 2.45) is 5.10 Å². The second-order valence-corrected chi connectivity index (χ2v) is 5.26. The van der Waals surface area contributed by atoms with Crippen LogP contribution in [0, 0.1) is 19.7 Å². The highest BCUT2D eigenvalue weighted by Crippen LogP contribution is 2.27. The predicted molar refractivity (Wildman–Crippen MR) is 82.3 cm³/mol. The Morgan fingerprint density at radius 1 is 1.14 bits per heavy atom. The summed E-state index contributed by atoms with van der Waals surface area (Å²) in [5.74, 6) is -0.330. The third-order valence-electron chi connectivity index (χ3n) is 3.60. The molecular weight excluding hydrogens is 283 g/mol. The summed E-state index contributed by atoms with van der Waals surface area (Å²) in [6.07, 6.45) is -0.601. The summed E-state index contributed by atoms with van der Waals surface area (Å²) in [5, 5.41) is 3.88. The molecule has 5 heteroatoms. The van der Waals surface area contributed by atoms with E-state index in [4.69, 9.17) is 4.74 Å². The van der Waals surface area contributed by atoms with Gasteiger partial charge in [-0.2, -0.15) is 5.10 Å². The molecular formula is C17H15FN2O2. The van der Waals surface area contributed by atoms with Crippen LogP contribution >= 0.6 is 0 Å². The van der Waals surface area contributed by atoms with Gasteiger partial charge in [-0.1, -0.05) is 35.9 Å². The van der Waals surface area contributed by atoms with E-state index in [0.717, 1.165) is 16.7 Å². The van der Waals surface area contributed by atoms with Gasteiger partial charge in [-0.25, -0.2) is 14.6 Å². The molecule has 0 saturated carbocycles. The first-order valence-electron chi connectivity index (χ1n) is 6.91. The van der Waals surface area contributed by atoms with Crippen LogP contribution in [0.25, 0.3) is 11.1 Å². The molecule has 0 atom stereocenters. The minimum Gasteiger partial charge on any atom is -0.442 e. The first-order chi connectivity index (χ1) is 10.5. The number of hydrogen-bond donors (Lipinski definition) is 1. The molecule has 1 aliphatic rings. The van der Waals surface area contributed by atoms with Gasteiger partial charge in [0.1, 0.15) is 18.1 Å². The molecule has 0 bridgehead atoms. The molecule has 1 amide bonds. The fourth-order valence-electron chi connectivity index (χ4n) is 2.49. The molecule has 0 aromatic heterocycles. The standard InChI is InChI=1S/C17H15FN2O2/c1-10-3-5-13(11(2)7-10)14-6-4-12(8-15(14)18)16-9-22-17(21)20-19-16/h3-8H,9H2,1-2H3,(H,20,21). The summed E-state index contributed by atoms with van der Waals surface area (Å²) in [5.41, 5.74) is 6.87. The van der Waals surface area contributed by atoms with E-state index in [-0.39, 0.29) is 12.4 Å². The van der Waals surface area contributed by atoms with E-state index < -0.39 is 6.09 Å². The lowest BCUT2D eigenvalue weighted by molar-refractivity contribution is 0.157. The normalized spacial score (nSPS) is 14.1. The Morgan fingerprint density at radius 3 is 2.55 bits per heavy atom. The summed E-state index contributed by atoms with van der Waals surface area (Å²) in [4.78, 5) is 10.9. The maximum Gasteiger partial charge on any atom is 0.428 e. The Morgan fingerprint density at radius 2 is 1.91 bits per heavy atom. The van der Waals surface area contributed by atoms with Crippen molar-refractivity contribution in [1.29, 1.82) is 0 Å². The van der Waals surface area contributed by atoms with E-state index in [2.05, 4.69) is 10.5 Å². The molecule has 0 radical (unpaired) electrons. The molecule has 1 N–H and O–H groups in total. The Kier molecular flexibility index (Phi) is 3.63. The van der Waals surface area contributed by atoms with E-state index >= 15 is 0 Å². The number of rotatable bonds is 2. The summed E-state index contributed by atoms with van der Waals surface area (Å²) >= 11 is 0. The van der Waals surface area contributed by atoms with Gasteiger partial charge < -0.3 is 4.74 Å². The zero-order valence-electron chi connectivity index (χ0n) is 12.3. The summed E-state index contributed by atoms with van der Waals surface area (Å²) < 4.78 is 19.3. The highest BCUT2D eigenvalue weighted by Gasteiger charge is 2.16. The molecule has 1 aliphatic heterocycles. The van der Waals surface area contributed by atoms with Gasteiger partial charge in [-0.3, -0.25) is 0 Å². The molecule has 3 rings (SSSR count). The van der Waals surface area contributed by atoms with Crippen LogP contribution in [-0.2, 0) is 4.74 Å². The predicted octanol–water partition coefficient (Wildman–Crippen LogP) is 3.55. The minimum atomic E-state index is -0.601. The number of hydrazone groups is 1. The second kappa shape index (κ2) is 5.60. The number of ether oxygens (including phenoxy) is 1. The molecule has 0 saturated heterocycles. The van der Waals surface area contributed by atoms with Crippen molar-refractivity contribution in [2.45, 2.75) is 13.8 Å². The number of amides is 1. The van der Waals surface area contributed by atoms with Crippen LogP contribution in [0.15, 0.2) is 41.5 Å². The van der Waals surface area contributed by atoms with Gasteiger partial charge in [0.25, 0.3) is 0 Å². The van der Waals surface area contributed by atoms with Crippen LogP contribution in [0.5, 0.6) is 0 Å². The smallest absolute Gasteiger partial charge is 0.428 e. The van der Waals surface area contributed by atoms with Crippen molar-refractivity contribution in [3.63, 3.8) is 0 Å². The number of carbonyl (C=O) groups excluding carboxylic acids is 1. The third kappa shape index (κ3) is 2.70. The first-order valence-corrected chi connectivity index (χ1v) is 6.91. The van der Waals surface area contributed by atoms with Crippen LogP contribution in [0.3, 0.4) is 0 Å². The molecule has 0 aliphatic carbocycles. The Hall–Kier alpha value is -2.69. The quantitative estimate of drug-likeness (QED) is 0.921. The number of aryl methyl sites for hydroxylation is 2. The largest absolute Gasteiger partial charge is 0.442 e. The van der Waals surface area contributed by atoms with E-state index in [1.165, 1.54) is 6.07 Å². The van der Waals surface area contributed by atoms with Gasteiger partial charge in [0.05, 0.1) is 0 Å². The lowest BCUT2D eigenvalue weighted by Gasteiger charge is -2.14. The molecule has 0 unspecified atom stereocenters. The van der Waals surface area contributed by atoms with Crippen LogP contribution < -0.4 is 5.43 Å². The molecule has 0 spiro atoms. The number of hydrogen-bond acceptors (Lipinski definition) is 3. The van der Waals surface area contributed by atoms with Crippen molar-refractivity contribution in [1.82, 2.24) is 5.43 Å². The van der Waals surface area contributed by atoms with Crippen molar-refractivity contribution in [3.05, 3.63) is 58.9 Å². The SMILES string of the molecule is Cc1ccc(-c2ccc(C3=NNC(=O)OC3)cc2F)c(C)c1. The zero-order valence-corrected chi connectivity index (χ0v) is 12.3. The number of halogens is 1. The number of nitrogens with zero attached hydrogens (tertiary/aromatic N) is 1. The van der Waals surface area contributed by atoms with Gasteiger partial charge in [0.2, 0.25) is 0 Å². The van der Waals surface area contributed by atoms with Gasteiger partial charge in [0, 0.05) is 11.1 Å². The summed E-state index contributed by atoms with van der Waals surface area (Å²) in [7, 11) is 0. The minimum absolute atomic E-state index is 0.0359. The van der Waals surface area contributed by atoms with Crippen molar-refractivity contribution < 1.29 is 13.9 Å². The third-order valence-corrected chi connectivity index (χ3v) is 3.60. The summed E-state index contributed by atoms with van der Waals surface area (Å²) in [6.45, 7) is 4.00. The average molecular weight is 298 g/mol. The first kappa shape index (κ1) is 14.3. The fourth-order valence-corrected chi connectivity index (χ4v) is 2.49. The van der Waals surface area contributed by atoms with Crippen LogP contribution in [0.4, 0.5) is 9.18 Å². The van der Waals surface area contributed by atoms with Gasteiger partial charge in [0.15, 0.2) is 0 Å². The Labute approximate surface area is 127 Å². The van der Waals surface area contributed by atoms with E-state index in [0.29, 0.717) is 16.8 Å². The van der Waals surface area contributed by atoms with Crippen molar-refractivity contribution in [3.8, 4) is 11.1 Å². The number of carbonyl (C=O) groups is 1. The lowest BCUT2D eigenvalue weighted by atomic mass is 9.96. The zero-order chi connectivity index (χ0) is 15.7. The highest BCUT2D eigenvalue weighted by atomic mass is 19.1. The van der Waals surface area contributed by atoms with E-state index in [1.54, 1.807) is 12.1 Å². The highest BCUT2D eigenvalue weighted by molar-refractivity contribution is 6.04. The summed E-state index contributed by atoms with van der Waals surface area (Å²) in [6, 6.07) is 10.8. The number of nitrogens with one attached hydrogen (secondary N) is 1. The van der Waals surface area contributed by atoms with Gasteiger partial charge >= 0.3 is 6.09 Å². The molecule has 2 aromatic rings. The van der Waals surface area contributed by atoms with Gasteiger partial charge in [-0.15, -0.1) is 0 Å². The van der Waals surface area contributed by atoms with Crippen LogP contribution in [0.2, 0.25) is 0 Å². The van der Waals surface area contributed by atoms with Crippen molar-refractivity contribution >= 4 is 11.8 Å².